The van der Waals surface area contributed by atoms with Crippen molar-refractivity contribution in [2.45, 2.75) is 130 Å². The largest absolute Gasteiger partial charge is 0.465 e. The normalized spacial score (nSPS) is 11.0. The second-order valence-corrected chi connectivity index (χ2v) is 8.87. The zero-order valence-corrected chi connectivity index (χ0v) is 20.5. The van der Waals surface area contributed by atoms with Gasteiger partial charge in [0.05, 0.1) is 19.3 Å². The summed E-state index contributed by atoms with van der Waals surface area (Å²) in [5.41, 5.74) is 7.18. The highest BCUT2D eigenvalue weighted by molar-refractivity contribution is 5.69. The molecular weight excluding hydrogens is 384 g/mol. The maximum atomic E-state index is 11.9. The summed E-state index contributed by atoms with van der Waals surface area (Å²) in [6, 6.07) is 4.00. The SMILES string of the molecule is CCCCCCCCCCCCCCCCCC(=O)OCCc1ccc[n+](CC)c1N. The first kappa shape index (κ1) is 27.5. The summed E-state index contributed by atoms with van der Waals surface area (Å²) in [4.78, 5) is 11.9. The predicted octanol–water partition coefficient (Wildman–Crippen LogP) is 6.92. The highest BCUT2D eigenvalue weighted by Crippen LogP contribution is 2.14. The minimum Gasteiger partial charge on any atom is -0.465 e. The number of aromatic nitrogens is 1. The molecule has 1 aromatic rings. The third-order valence-corrected chi connectivity index (χ3v) is 6.16. The van der Waals surface area contributed by atoms with E-state index in [-0.39, 0.29) is 5.97 Å². The molecule has 0 saturated carbocycles. The van der Waals surface area contributed by atoms with E-state index in [1.54, 1.807) is 0 Å². The number of rotatable bonds is 20. The number of hydrogen-bond acceptors (Lipinski definition) is 3. The van der Waals surface area contributed by atoms with Gasteiger partial charge in [0.15, 0.2) is 0 Å². The lowest BCUT2D eigenvalue weighted by Crippen LogP contribution is -2.36. The number of hydrogen-bond donors (Lipinski definition) is 1. The summed E-state index contributed by atoms with van der Waals surface area (Å²) in [6.45, 7) is 5.60. The molecule has 0 saturated heterocycles. The van der Waals surface area contributed by atoms with E-state index in [4.69, 9.17) is 10.5 Å². The van der Waals surface area contributed by atoms with Crippen molar-refractivity contribution in [3.05, 3.63) is 23.9 Å². The van der Waals surface area contributed by atoms with Crippen LogP contribution in [0.5, 0.6) is 0 Å². The lowest BCUT2D eigenvalue weighted by Gasteiger charge is -2.07. The monoisotopic (exact) mass is 433 g/mol. The van der Waals surface area contributed by atoms with Gasteiger partial charge in [-0.3, -0.25) is 10.5 Å². The van der Waals surface area contributed by atoms with Gasteiger partial charge in [-0.1, -0.05) is 96.8 Å². The highest BCUT2D eigenvalue weighted by Gasteiger charge is 2.10. The summed E-state index contributed by atoms with van der Waals surface area (Å²) >= 11 is 0. The number of nitrogen functional groups attached to an aromatic ring is 1. The number of anilines is 1. The van der Waals surface area contributed by atoms with Crippen molar-refractivity contribution < 1.29 is 14.1 Å². The molecule has 0 bridgehead atoms. The Bertz CT molecular complexity index is 574. The van der Waals surface area contributed by atoms with E-state index >= 15 is 0 Å². The van der Waals surface area contributed by atoms with E-state index in [1.165, 1.54) is 83.5 Å². The highest BCUT2D eigenvalue weighted by atomic mass is 16.5. The van der Waals surface area contributed by atoms with Crippen LogP contribution >= 0.6 is 0 Å². The van der Waals surface area contributed by atoms with Crippen LogP contribution in [0.1, 0.15) is 122 Å². The number of nitrogens with zero attached hydrogens (tertiary/aromatic N) is 1. The molecule has 0 spiro atoms. The topological polar surface area (TPSA) is 56.2 Å². The minimum atomic E-state index is -0.0763. The van der Waals surface area contributed by atoms with Gasteiger partial charge in [0.25, 0.3) is 5.82 Å². The standard InChI is InChI=1S/C27H48N2O2/c1-3-5-6-7-8-9-10-11-12-13-14-15-16-17-18-21-26(30)31-24-22-25-20-19-23-29(4-2)27(25)28/h19-20,23,28H,3-18,21-22,24H2,1-2H3/p+1. The van der Waals surface area contributed by atoms with Gasteiger partial charge in [-0.25, -0.2) is 4.57 Å². The van der Waals surface area contributed by atoms with Gasteiger partial charge >= 0.3 is 5.97 Å². The molecule has 178 valence electrons. The first-order chi connectivity index (χ1) is 15.2. The smallest absolute Gasteiger partial charge is 0.305 e. The molecule has 1 heterocycles. The Morgan fingerprint density at radius 2 is 1.35 bits per heavy atom. The lowest BCUT2D eigenvalue weighted by molar-refractivity contribution is -0.679. The van der Waals surface area contributed by atoms with Crippen molar-refractivity contribution in [1.82, 2.24) is 0 Å². The van der Waals surface area contributed by atoms with Crippen molar-refractivity contribution >= 4 is 11.8 Å². The van der Waals surface area contributed by atoms with Crippen LogP contribution in [0, 0.1) is 0 Å². The Kier molecular flexibility index (Phi) is 16.9. The van der Waals surface area contributed by atoms with Gasteiger partial charge in [0, 0.05) is 18.4 Å². The molecule has 0 aliphatic carbocycles. The molecule has 0 radical (unpaired) electrons. The molecule has 0 amide bonds. The average molecular weight is 434 g/mol. The number of pyridine rings is 1. The van der Waals surface area contributed by atoms with Crippen molar-refractivity contribution in [2.24, 2.45) is 0 Å². The molecule has 0 aromatic carbocycles. The maximum absolute atomic E-state index is 11.9. The van der Waals surface area contributed by atoms with E-state index in [1.807, 2.05) is 22.9 Å². The van der Waals surface area contributed by atoms with Crippen LogP contribution in [0.3, 0.4) is 0 Å². The van der Waals surface area contributed by atoms with Gasteiger partial charge in [0.2, 0.25) is 0 Å². The van der Waals surface area contributed by atoms with Crippen LogP contribution in [0.4, 0.5) is 5.82 Å². The molecule has 4 nitrogen and oxygen atoms in total. The Balaban J connectivity index is 1.88. The molecule has 0 aliphatic heterocycles. The number of esters is 1. The molecule has 1 rings (SSSR count). The van der Waals surface area contributed by atoms with Gasteiger partial charge in [-0.05, 0) is 25.5 Å². The maximum Gasteiger partial charge on any atom is 0.305 e. The molecule has 0 aliphatic rings. The van der Waals surface area contributed by atoms with E-state index in [0.29, 0.717) is 19.4 Å². The quantitative estimate of drug-likeness (QED) is 0.138. The Hall–Kier alpha value is -1.58. The molecule has 31 heavy (non-hydrogen) atoms. The van der Waals surface area contributed by atoms with Gasteiger partial charge in [-0.2, -0.15) is 0 Å². The minimum absolute atomic E-state index is 0.0763. The van der Waals surface area contributed by atoms with Crippen molar-refractivity contribution in [3.8, 4) is 0 Å². The Morgan fingerprint density at radius 1 is 0.839 bits per heavy atom. The van der Waals surface area contributed by atoms with E-state index in [0.717, 1.165) is 30.8 Å². The summed E-state index contributed by atoms with van der Waals surface area (Å²) in [5.74, 6) is 0.691. The van der Waals surface area contributed by atoms with E-state index in [9.17, 15) is 4.79 Å². The summed E-state index contributed by atoms with van der Waals surface area (Å²) in [6.07, 6.45) is 23.2. The van der Waals surface area contributed by atoms with Crippen molar-refractivity contribution in [1.29, 1.82) is 0 Å². The average Bonchev–Trinajstić information content (AvgIpc) is 2.77. The van der Waals surface area contributed by atoms with Gasteiger partial charge in [0.1, 0.15) is 0 Å². The molecule has 0 fully saturated rings. The number of aryl methyl sites for hydroxylation is 1. The fraction of sp³-hybridized carbons (Fsp3) is 0.778. The lowest BCUT2D eigenvalue weighted by atomic mass is 10.0. The molecule has 0 atom stereocenters. The fourth-order valence-corrected chi connectivity index (χ4v) is 4.09. The number of ether oxygens (including phenoxy) is 1. The van der Waals surface area contributed by atoms with Crippen LogP contribution in [-0.4, -0.2) is 12.6 Å². The first-order valence-corrected chi connectivity index (χ1v) is 13.1. The van der Waals surface area contributed by atoms with E-state index < -0.39 is 0 Å². The zero-order valence-electron chi connectivity index (χ0n) is 20.5. The number of unbranched alkanes of at least 4 members (excludes halogenated alkanes) is 14. The molecule has 4 heteroatoms. The van der Waals surface area contributed by atoms with E-state index in [2.05, 4.69) is 13.8 Å². The molecule has 1 aromatic heterocycles. The number of carbonyl (C=O) groups is 1. The van der Waals surface area contributed by atoms with Crippen LogP contribution in [0.2, 0.25) is 0 Å². The van der Waals surface area contributed by atoms with Gasteiger partial charge in [-0.15, -0.1) is 0 Å². The Labute approximate surface area is 192 Å². The molecule has 0 unspecified atom stereocenters. The summed E-state index contributed by atoms with van der Waals surface area (Å²) in [5, 5.41) is 0. The second kappa shape index (κ2) is 19.1. The summed E-state index contributed by atoms with van der Waals surface area (Å²) < 4.78 is 7.40. The fourth-order valence-electron chi connectivity index (χ4n) is 4.09. The van der Waals surface area contributed by atoms with Crippen LogP contribution in [0.25, 0.3) is 0 Å². The summed E-state index contributed by atoms with van der Waals surface area (Å²) in [7, 11) is 0. The third-order valence-electron chi connectivity index (χ3n) is 6.16. The second-order valence-electron chi connectivity index (χ2n) is 8.87. The Morgan fingerprint density at radius 3 is 1.87 bits per heavy atom. The van der Waals surface area contributed by atoms with Crippen LogP contribution in [-0.2, 0) is 22.5 Å². The number of carbonyl (C=O) groups excluding carboxylic acids is 1. The number of nitrogens with two attached hydrogens (primary N) is 1. The molecule has 2 N–H and O–H groups in total. The van der Waals surface area contributed by atoms with Gasteiger partial charge < -0.3 is 4.74 Å². The van der Waals surface area contributed by atoms with Crippen LogP contribution in [0.15, 0.2) is 18.3 Å². The predicted molar refractivity (Wildman–Crippen MR) is 131 cm³/mol. The van der Waals surface area contributed by atoms with Crippen molar-refractivity contribution in [2.75, 3.05) is 12.3 Å². The first-order valence-electron chi connectivity index (χ1n) is 13.1. The third kappa shape index (κ3) is 14.2. The molecular formula is C27H49N2O2+. The zero-order chi connectivity index (χ0) is 22.6. The van der Waals surface area contributed by atoms with Crippen LogP contribution < -0.4 is 10.3 Å². The van der Waals surface area contributed by atoms with Crippen molar-refractivity contribution in [3.63, 3.8) is 0 Å².